The first-order chi connectivity index (χ1) is 16.2. The predicted molar refractivity (Wildman–Crippen MR) is 115 cm³/mol. The summed E-state index contributed by atoms with van der Waals surface area (Å²) in [5.41, 5.74) is 3.11. The number of fused-ring (bicyclic) bond motifs is 2. The normalized spacial score (nSPS) is 13.8. The molecule has 8 nitrogen and oxygen atoms in total. The number of hydrogen-bond donors (Lipinski definition) is 0. The van der Waals surface area contributed by atoms with Gasteiger partial charge in [0, 0.05) is 65.9 Å². The monoisotopic (exact) mass is 473 g/mol. The molecule has 4 aromatic heterocycles. The van der Waals surface area contributed by atoms with Gasteiger partial charge in [-0.1, -0.05) is 0 Å². The van der Waals surface area contributed by atoms with E-state index in [1.165, 1.54) is 12.4 Å². The quantitative estimate of drug-likeness (QED) is 0.419. The first-order valence-corrected chi connectivity index (χ1v) is 10.5. The van der Waals surface area contributed by atoms with Crippen LogP contribution >= 0.6 is 0 Å². The minimum Gasteiger partial charge on any atom is -0.350 e. The van der Waals surface area contributed by atoms with Crippen LogP contribution < -0.4 is 10.5 Å². The van der Waals surface area contributed by atoms with Crippen LogP contribution in [0.25, 0.3) is 16.8 Å². The molecule has 0 aromatic carbocycles. The zero-order valence-electron chi connectivity index (χ0n) is 18.2. The maximum atomic E-state index is 13.1. The number of alkyl halides is 4. The lowest BCUT2D eigenvalue weighted by Crippen LogP contribution is -2.34. The first kappa shape index (κ1) is 22.0. The smallest absolute Gasteiger partial charge is 0.333 e. The predicted octanol–water partition coefficient (Wildman–Crippen LogP) is 3.86. The molecule has 0 saturated carbocycles. The van der Waals surface area contributed by atoms with Gasteiger partial charge in [-0.25, -0.2) is 18.4 Å². The van der Waals surface area contributed by atoms with Crippen molar-refractivity contribution in [2.45, 2.75) is 39.8 Å². The van der Waals surface area contributed by atoms with Crippen molar-refractivity contribution in [2.75, 3.05) is 11.4 Å². The Morgan fingerprint density at radius 2 is 1.82 bits per heavy atom. The summed E-state index contributed by atoms with van der Waals surface area (Å²) in [6, 6.07) is 2.68. The third-order valence-electron chi connectivity index (χ3n) is 6.04. The molecule has 1 aliphatic heterocycles. The minimum atomic E-state index is -2.86. The van der Waals surface area contributed by atoms with Crippen LogP contribution in [0.3, 0.4) is 0 Å². The highest BCUT2D eigenvalue weighted by molar-refractivity contribution is 5.64. The van der Waals surface area contributed by atoms with Gasteiger partial charge in [-0.05, 0) is 25.5 Å². The molecule has 0 unspecified atom stereocenters. The van der Waals surface area contributed by atoms with Crippen molar-refractivity contribution < 1.29 is 17.6 Å². The molecule has 0 atom stereocenters. The molecule has 5 heterocycles. The highest BCUT2D eigenvalue weighted by Gasteiger charge is 2.24. The van der Waals surface area contributed by atoms with Crippen molar-refractivity contribution in [2.24, 2.45) is 0 Å². The largest absolute Gasteiger partial charge is 0.350 e. The van der Waals surface area contributed by atoms with Gasteiger partial charge in [-0.2, -0.15) is 18.4 Å². The van der Waals surface area contributed by atoms with E-state index in [4.69, 9.17) is 0 Å². The number of anilines is 1. The third-order valence-corrected chi connectivity index (χ3v) is 6.04. The zero-order chi connectivity index (χ0) is 24.1. The average molecular weight is 473 g/mol. The lowest BCUT2D eigenvalue weighted by Gasteiger charge is -2.31. The van der Waals surface area contributed by atoms with Crippen LogP contribution in [-0.2, 0) is 13.0 Å². The molecular weight excluding hydrogens is 454 g/mol. The molecule has 0 spiro atoms. The fraction of sp³-hybridized carbons (Fsp3) is 0.318. The summed E-state index contributed by atoms with van der Waals surface area (Å²) in [6.07, 6.45) is 2.02. The third kappa shape index (κ3) is 3.68. The summed E-state index contributed by atoms with van der Waals surface area (Å²) < 4.78 is 53.7. The van der Waals surface area contributed by atoms with Gasteiger partial charge in [0.15, 0.2) is 11.5 Å². The summed E-state index contributed by atoms with van der Waals surface area (Å²) >= 11 is 0. The van der Waals surface area contributed by atoms with Crippen molar-refractivity contribution in [1.82, 2.24) is 29.4 Å². The van der Waals surface area contributed by atoms with Gasteiger partial charge in [0.25, 0.3) is 12.0 Å². The molecule has 0 N–H and O–H groups in total. The number of nitrogens with zero attached hydrogens (tertiary/aromatic N) is 7. The van der Waals surface area contributed by atoms with Gasteiger partial charge in [-0.15, -0.1) is 5.10 Å². The van der Waals surface area contributed by atoms with Crippen LogP contribution in [0.5, 0.6) is 0 Å². The van der Waals surface area contributed by atoms with Gasteiger partial charge in [0.05, 0.1) is 6.20 Å². The summed E-state index contributed by atoms with van der Waals surface area (Å²) in [5, 5.41) is 8.12. The molecule has 4 aromatic rings. The molecule has 0 aliphatic carbocycles. The van der Waals surface area contributed by atoms with Crippen LogP contribution in [0.15, 0.2) is 35.5 Å². The van der Waals surface area contributed by atoms with E-state index in [2.05, 4.69) is 20.2 Å². The summed E-state index contributed by atoms with van der Waals surface area (Å²) in [6.45, 7) is 1.81. The van der Waals surface area contributed by atoms with Crippen LogP contribution in [0.2, 0.25) is 0 Å². The second-order valence-electron chi connectivity index (χ2n) is 8.12. The van der Waals surface area contributed by atoms with Gasteiger partial charge in [-0.3, -0.25) is 9.78 Å². The number of aromatic nitrogens is 6. The SMILES string of the molecule is Cc1c(N2CCc3ncc(-c4cnn(C(F)F)c4)cc3C2)nn2c(=O)cc(C(F)F)nc2c1C. The fourth-order valence-corrected chi connectivity index (χ4v) is 4.11. The van der Waals surface area contributed by atoms with Crippen molar-refractivity contribution in [3.8, 4) is 11.1 Å². The van der Waals surface area contributed by atoms with E-state index in [9.17, 15) is 22.4 Å². The van der Waals surface area contributed by atoms with Crippen LogP contribution in [0, 0.1) is 13.8 Å². The first-order valence-electron chi connectivity index (χ1n) is 10.5. The van der Waals surface area contributed by atoms with Crippen molar-refractivity contribution in [3.63, 3.8) is 0 Å². The van der Waals surface area contributed by atoms with Gasteiger partial charge >= 0.3 is 6.55 Å². The molecule has 0 radical (unpaired) electrons. The van der Waals surface area contributed by atoms with Crippen molar-refractivity contribution >= 4 is 11.5 Å². The number of aryl methyl sites for hydroxylation is 1. The summed E-state index contributed by atoms with van der Waals surface area (Å²) in [7, 11) is 0. The van der Waals surface area contributed by atoms with E-state index < -0.39 is 24.2 Å². The standard InChI is InChI=1S/C22H19F4N7O/c1-11-12(2)21(30-33-18(34)6-17(19(23)24)29-20(11)33)31-4-3-16-14(9-31)5-13(7-27-16)15-8-28-32(10-15)22(25)26/h5-8,10,19,22H,3-4,9H2,1-2H3. The topological polar surface area (TPSA) is 81.2 Å². The fourth-order valence-electron chi connectivity index (χ4n) is 4.11. The Kier molecular flexibility index (Phi) is 5.29. The van der Waals surface area contributed by atoms with Crippen LogP contribution in [-0.4, -0.2) is 35.9 Å². The number of hydrogen-bond acceptors (Lipinski definition) is 6. The molecule has 0 bridgehead atoms. The second-order valence-corrected chi connectivity index (χ2v) is 8.12. The Labute approximate surface area is 190 Å². The molecule has 1 aliphatic rings. The van der Waals surface area contributed by atoms with E-state index in [0.29, 0.717) is 46.7 Å². The molecule has 0 amide bonds. The summed E-state index contributed by atoms with van der Waals surface area (Å²) in [4.78, 5) is 22.9. The molecular formula is C22H19F4N7O. The molecule has 0 saturated heterocycles. The lowest BCUT2D eigenvalue weighted by molar-refractivity contribution is 0.0566. The van der Waals surface area contributed by atoms with Crippen molar-refractivity contribution in [1.29, 1.82) is 0 Å². The highest BCUT2D eigenvalue weighted by Crippen LogP contribution is 2.30. The van der Waals surface area contributed by atoms with Gasteiger partial charge in [0.1, 0.15) is 5.69 Å². The second kappa shape index (κ2) is 8.19. The maximum Gasteiger partial charge on any atom is 0.333 e. The van der Waals surface area contributed by atoms with Crippen molar-refractivity contribution in [3.05, 3.63) is 69.2 Å². The Morgan fingerprint density at radius 3 is 2.53 bits per heavy atom. The Hall–Kier alpha value is -3.83. The molecule has 5 rings (SSSR count). The Morgan fingerprint density at radius 1 is 1.03 bits per heavy atom. The van der Waals surface area contributed by atoms with E-state index >= 15 is 0 Å². The summed E-state index contributed by atoms with van der Waals surface area (Å²) in [5.74, 6) is 0.542. The number of pyridine rings is 1. The number of halogens is 4. The van der Waals surface area contributed by atoms with Crippen LogP contribution in [0.1, 0.15) is 41.1 Å². The minimum absolute atomic E-state index is 0.0986. The van der Waals surface area contributed by atoms with Gasteiger partial charge < -0.3 is 4.90 Å². The van der Waals surface area contributed by atoms with E-state index in [1.54, 1.807) is 13.1 Å². The van der Waals surface area contributed by atoms with E-state index in [-0.39, 0.29) is 5.65 Å². The maximum absolute atomic E-state index is 13.1. The molecule has 176 valence electrons. The molecule has 34 heavy (non-hydrogen) atoms. The molecule has 0 fully saturated rings. The van der Waals surface area contributed by atoms with E-state index in [0.717, 1.165) is 27.4 Å². The molecule has 12 heteroatoms. The van der Waals surface area contributed by atoms with Gasteiger partial charge in [0.2, 0.25) is 0 Å². The van der Waals surface area contributed by atoms with Crippen LogP contribution in [0.4, 0.5) is 23.4 Å². The lowest BCUT2D eigenvalue weighted by atomic mass is 10.0. The Bertz CT molecular complexity index is 1460. The zero-order valence-corrected chi connectivity index (χ0v) is 18.2. The average Bonchev–Trinajstić information content (AvgIpc) is 3.31. The number of rotatable bonds is 4. The van der Waals surface area contributed by atoms with E-state index in [1.807, 2.05) is 17.9 Å². The highest BCUT2D eigenvalue weighted by atomic mass is 19.3. The Balaban J connectivity index is 1.52.